The summed E-state index contributed by atoms with van der Waals surface area (Å²) in [7, 11) is 0. The zero-order chi connectivity index (χ0) is 11.5. The van der Waals surface area contributed by atoms with Crippen molar-refractivity contribution in [2.45, 2.75) is 26.8 Å². The first-order chi connectivity index (χ1) is 7.28. The zero-order valence-electron chi connectivity index (χ0n) is 10.3. The first-order valence-electron chi connectivity index (χ1n) is 5.92. The van der Waals surface area contributed by atoms with E-state index < -0.39 is 0 Å². The normalized spacial score (nSPS) is 13.4. The fourth-order valence-electron chi connectivity index (χ4n) is 1.50. The summed E-state index contributed by atoms with van der Waals surface area (Å²) in [5, 5.41) is 12.4. The molecule has 0 aromatic rings. The van der Waals surface area contributed by atoms with Crippen molar-refractivity contribution in [3.8, 4) is 0 Å². The summed E-state index contributed by atoms with van der Waals surface area (Å²) in [5.74, 6) is 0. The number of aliphatic hydroxyl groups excluding tert-OH is 1. The summed E-state index contributed by atoms with van der Waals surface area (Å²) in [6.07, 6.45) is 0. The molecule has 0 saturated carbocycles. The van der Waals surface area contributed by atoms with Crippen LogP contribution >= 0.6 is 0 Å². The Balaban J connectivity index is 3.73. The standard InChI is InChI=1S/C11H26N2O2/c1-4-12-11(10-14)9-13(5-2)7-8-15-6-3/h11-12,14H,4-10H2,1-3H3. The second kappa shape index (κ2) is 10.4. The van der Waals surface area contributed by atoms with Gasteiger partial charge in [0.05, 0.1) is 13.2 Å². The van der Waals surface area contributed by atoms with Crippen molar-refractivity contribution in [2.24, 2.45) is 0 Å². The maximum atomic E-state index is 9.15. The number of rotatable bonds is 10. The van der Waals surface area contributed by atoms with E-state index in [0.29, 0.717) is 0 Å². The molecule has 4 heteroatoms. The molecule has 1 unspecified atom stereocenters. The second-order valence-corrected chi connectivity index (χ2v) is 3.53. The van der Waals surface area contributed by atoms with Gasteiger partial charge in [0, 0.05) is 25.7 Å². The fraction of sp³-hybridized carbons (Fsp3) is 1.00. The van der Waals surface area contributed by atoms with Crippen molar-refractivity contribution in [3.63, 3.8) is 0 Å². The van der Waals surface area contributed by atoms with Crippen LogP contribution in [0.1, 0.15) is 20.8 Å². The topological polar surface area (TPSA) is 44.7 Å². The summed E-state index contributed by atoms with van der Waals surface area (Å²) in [6, 6.07) is 0.177. The van der Waals surface area contributed by atoms with Gasteiger partial charge < -0.3 is 15.2 Å². The van der Waals surface area contributed by atoms with Crippen LogP contribution in [0, 0.1) is 0 Å². The van der Waals surface area contributed by atoms with Crippen LogP contribution in [-0.4, -0.2) is 62.0 Å². The molecule has 0 amide bonds. The van der Waals surface area contributed by atoms with E-state index in [0.717, 1.165) is 39.4 Å². The Bertz CT molecular complexity index is 134. The monoisotopic (exact) mass is 218 g/mol. The van der Waals surface area contributed by atoms with Gasteiger partial charge in [0.1, 0.15) is 0 Å². The van der Waals surface area contributed by atoms with Crippen LogP contribution in [0.3, 0.4) is 0 Å². The number of ether oxygens (including phenoxy) is 1. The number of aliphatic hydroxyl groups is 1. The van der Waals surface area contributed by atoms with Crippen LogP contribution in [0.4, 0.5) is 0 Å². The lowest BCUT2D eigenvalue weighted by Crippen LogP contribution is -2.44. The van der Waals surface area contributed by atoms with Gasteiger partial charge in [0.2, 0.25) is 0 Å². The van der Waals surface area contributed by atoms with E-state index in [1.54, 1.807) is 0 Å². The van der Waals surface area contributed by atoms with Crippen molar-refractivity contribution in [1.29, 1.82) is 0 Å². The summed E-state index contributed by atoms with van der Waals surface area (Å²) in [6.45, 7) is 11.6. The highest BCUT2D eigenvalue weighted by atomic mass is 16.5. The maximum absolute atomic E-state index is 9.15. The number of hydrogen-bond acceptors (Lipinski definition) is 4. The van der Waals surface area contributed by atoms with Crippen molar-refractivity contribution < 1.29 is 9.84 Å². The molecule has 0 radical (unpaired) electrons. The minimum absolute atomic E-state index is 0.177. The SMILES string of the molecule is CCNC(CO)CN(CC)CCOCC. The highest BCUT2D eigenvalue weighted by Crippen LogP contribution is 1.93. The predicted octanol–water partition coefficient (Wildman–Crippen LogP) is 0.315. The third-order valence-electron chi connectivity index (χ3n) is 2.39. The summed E-state index contributed by atoms with van der Waals surface area (Å²) in [4.78, 5) is 2.29. The highest BCUT2D eigenvalue weighted by Gasteiger charge is 2.10. The molecule has 0 rings (SSSR count). The van der Waals surface area contributed by atoms with Gasteiger partial charge >= 0.3 is 0 Å². The van der Waals surface area contributed by atoms with E-state index in [1.165, 1.54) is 0 Å². The second-order valence-electron chi connectivity index (χ2n) is 3.53. The first-order valence-corrected chi connectivity index (χ1v) is 5.92. The van der Waals surface area contributed by atoms with Gasteiger partial charge in [-0.05, 0) is 20.0 Å². The Morgan fingerprint density at radius 3 is 2.53 bits per heavy atom. The van der Waals surface area contributed by atoms with Crippen LogP contribution in [0.25, 0.3) is 0 Å². The molecule has 0 heterocycles. The Labute approximate surface area is 93.6 Å². The minimum Gasteiger partial charge on any atom is -0.395 e. The molecule has 0 spiro atoms. The van der Waals surface area contributed by atoms with Crippen LogP contribution in [-0.2, 0) is 4.74 Å². The molecule has 4 nitrogen and oxygen atoms in total. The molecule has 0 aliphatic heterocycles. The Morgan fingerprint density at radius 1 is 1.33 bits per heavy atom. The van der Waals surface area contributed by atoms with Gasteiger partial charge in [-0.25, -0.2) is 0 Å². The van der Waals surface area contributed by atoms with E-state index in [9.17, 15) is 0 Å². The lowest BCUT2D eigenvalue weighted by molar-refractivity contribution is 0.105. The van der Waals surface area contributed by atoms with Crippen LogP contribution in [0.5, 0.6) is 0 Å². The van der Waals surface area contributed by atoms with Crippen LogP contribution in [0.15, 0.2) is 0 Å². The molecule has 0 bridgehead atoms. The van der Waals surface area contributed by atoms with Gasteiger partial charge in [-0.15, -0.1) is 0 Å². The number of likely N-dealkylation sites (N-methyl/N-ethyl adjacent to an activating group) is 2. The molecule has 0 aromatic heterocycles. The van der Waals surface area contributed by atoms with Crippen molar-refractivity contribution >= 4 is 0 Å². The van der Waals surface area contributed by atoms with Gasteiger partial charge in [-0.2, -0.15) is 0 Å². The summed E-state index contributed by atoms with van der Waals surface area (Å²) < 4.78 is 5.32. The Hall–Kier alpha value is -0.160. The number of hydrogen-bond donors (Lipinski definition) is 2. The molecule has 1 atom stereocenters. The maximum Gasteiger partial charge on any atom is 0.0597 e. The Morgan fingerprint density at radius 2 is 2.07 bits per heavy atom. The third kappa shape index (κ3) is 7.73. The van der Waals surface area contributed by atoms with E-state index in [-0.39, 0.29) is 12.6 Å². The average molecular weight is 218 g/mol. The van der Waals surface area contributed by atoms with E-state index in [1.807, 2.05) is 6.92 Å². The fourth-order valence-corrected chi connectivity index (χ4v) is 1.50. The molecule has 2 N–H and O–H groups in total. The van der Waals surface area contributed by atoms with Crippen molar-refractivity contribution in [1.82, 2.24) is 10.2 Å². The van der Waals surface area contributed by atoms with Gasteiger partial charge in [0.15, 0.2) is 0 Å². The highest BCUT2D eigenvalue weighted by molar-refractivity contribution is 4.69. The van der Waals surface area contributed by atoms with Gasteiger partial charge in [-0.1, -0.05) is 13.8 Å². The van der Waals surface area contributed by atoms with Crippen LogP contribution < -0.4 is 5.32 Å². The van der Waals surface area contributed by atoms with Gasteiger partial charge in [0.25, 0.3) is 0 Å². The smallest absolute Gasteiger partial charge is 0.0597 e. The molecule has 92 valence electrons. The molecular weight excluding hydrogens is 192 g/mol. The number of nitrogens with one attached hydrogen (secondary N) is 1. The van der Waals surface area contributed by atoms with E-state index in [4.69, 9.17) is 9.84 Å². The average Bonchev–Trinajstić information content (AvgIpc) is 2.26. The molecule has 0 aromatic carbocycles. The molecule has 15 heavy (non-hydrogen) atoms. The first kappa shape index (κ1) is 14.8. The largest absolute Gasteiger partial charge is 0.395 e. The Kier molecular flexibility index (Phi) is 10.3. The molecule has 0 aliphatic rings. The molecule has 0 fully saturated rings. The zero-order valence-corrected chi connectivity index (χ0v) is 10.3. The lowest BCUT2D eigenvalue weighted by atomic mass is 10.3. The van der Waals surface area contributed by atoms with Crippen molar-refractivity contribution in [2.75, 3.05) is 46.0 Å². The van der Waals surface area contributed by atoms with E-state index >= 15 is 0 Å². The lowest BCUT2D eigenvalue weighted by Gasteiger charge is -2.25. The molecular formula is C11H26N2O2. The minimum atomic E-state index is 0.177. The van der Waals surface area contributed by atoms with E-state index in [2.05, 4.69) is 24.1 Å². The molecule has 0 saturated heterocycles. The van der Waals surface area contributed by atoms with Crippen molar-refractivity contribution in [3.05, 3.63) is 0 Å². The van der Waals surface area contributed by atoms with Gasteiger partial charge in [-0.3, -0.25) is 4.90 Å². The summed E-state index contributed by atoms with van der Waals surface area (Å²) in [5.41, 5.74) is 0. The van der Waals surface area contributed by atoms with Crippen LogP contribution in [0.2, 0.25) is 0 Å². The summed E-state index contributed by atoms with van der Waals surface area (Å²) >= 11 is 0. The third-order valence-corrected chi connectivity index (χ3v) is 2.39. The quantitative estimate of drug-likeness (QED) is 0.518. The predicted molar refractivity (Wildman–Crippen MR) is 63.2 cm³/mol. The molecule has 0 aliphatic carbocycles. The number of nitrogens with zero attached hydrogens (tertiary/aromatic N) is 1.